The molecule has 0 heterocycles. The molecule has 0 spiro atoms. The highest BCUT2D eigenvalue weighted by molar-refractivity contribution is 7.45. The number of carbonyl (C=O) groups is 2. The van der Waals surface area contributed by atoms with E-state index in [1.54, 1.807) is 0 Å². The van der Waals surface area contributed by atoms with Gasteiger partial charge in [0, 0.05) is 12.8 Å². The van der Waals surface area contributed by atoms with Crippen LogP contribution in [-0.2, 0) is 32.7 Å². The third kappa shape index (κ3) is 45.5. The van der Waals surface area contributed by atoms with Crippen LogP contribution in [0.4, 0.5) is 0 Å². The van der Waals surface area contributed by atoms with Crippen LogP contribution >= 0.6 is 7.82 Å². The van der Waals surface area contributed by atoms with Crippen LogP contribution in [0.5, 0.6) is 0 Å². The maximum Gasteiger partial charge on any atom is 0.306 e. The first-order valence-corrected chi connectivity index (χ1v) is 25.8. The summed E-state index contributed by atoms with van der Waals surface area (Å²) in [5, 5.41) is 0. The number of ether oxygens (including phenoxy) is 2. The minimum Gasteiger partial charge on any atom is -0.756 e. The maximum absolute atomic E-state index is 12.7. The van der Waals surface area contributed by atoms with Crippen molar-refractivity contribution in [3.05, 3.63) is 48.6 Å². The van der Waals surface area contributed by atoms with Gasteiger partial charge in [-0.3, -0.25) is 14.2 Å². The monoisotopic (exact) mass is 866 g/mol. The van der Waals surface area contributed by atoms with E-state index in [0.717, 1.165) is 44.9 Å². The summed E-state index contributed by atoms with van der Waals surface area (Å²) in [7, 11) is 1.14. The highest BCUT2D eigenvalue weighted by Crippen LogP contribution is 2.38. The standard InChI is InChI=1S/C50H92NO8P/c1-6-8-10-12-14-16-18-20-22-23-24-25-26-27-29-30-32-34-36-38-40-42-49(52)56-46-48(47-58-60(54,55)57-45-44-51(3,4)5)59-50(53)43-41-39-37-35-33-31-28-21-19-17-15-13-11-9-7-2/h22-23,25-26,29-30,34,36,48H,6-21,24,27-28,31-33,35,37-47H2,1-5H3/b23-22+,26-25+,30-29+,36-34+/t48-/m0/s1. The van der Waals surface area contributed by atoms with E-state index in [4.69, 9.17) is 18.5 Å². The average Bonchev–Trinajstić information content (AvgIpc) is 3.20. The fourth-order valence-electron chi connectivity index (χ4n) is 6.53. The quantitative estimate of drug-likeness (QED) is 0.0196. The van der Waals surface area contributed by atoms with Crippen molar-refractivity contribution in [2.24, 2.45) is 0 Å². The van der Waals surface area contributed by atoms with Crippen LogP contribution in [-0.4, -0.2) is 70.0 Å². The summed E-state index contributed by atoms with van der Waals surface area (Å²) >= 11 is 0. The summed E-state index contributed by atoms with van der Waals surface area (Å²) in [5.74, 6) is -0.895. The zero-order chi connectivity index (χ0) is 44.3. The van der Waals surface area contributed by atoms with Crippen LogP contribution in [0.2, 0.25) is 0 Å². The van der Waals surface area contributed by atoms with Crippen LogP contribution in [0.25, 0.3) is 0 Å². The molecular weight excluding hydrogens is 774 g/mol. The second-order valence-electron chi connectivity index (χ2n) is 17.5. The predicted octanol–water partition coefficient (Wildman–Crippen LogP) is 13.6. The normalized spacial score (nSPS) is 13.9. The van der Waals surface area contributed by atoms with Crippen molar-refractivity contribution < 1.29 is 42.1 Å². The van der Waals surface area contributed by atoms with Crippen molar-refractivity contribution in [1.82, 2.24) is 0 Å². The Morgan fingerprint density at radius 3 is 1.38 bits per heavy atom. The molecule has 0 saturated carbocycles. The van der Waals surface area contributed by atoms with Crippen molar-refractivity contribution in [1.29, 1.82) is 0 Å². The first-order chi connectivity index (χ1) is 29.0. The first kappa shape index (κ1) is 58.0. The third-order valence-corrected chi connectivity index (χ3v) is 11.3. The SMILES string of the molecule is CCCCCCCCC/C=C/C/C=C/C/C=C/C/C=C/CCCC(=O)OC[C@@H](COP(=O)([O-])OCC[N+](C)(C)C)OC(=O)CCCCCCCCCCCCCCCCC. The van der Waals surface area contributed by atoms with Crippen LogP contribution in [0.1, 0.15) is 206 Å². The third-order valence-electron chi connectivity index (χ3n) is 10.4. The van der Waals surface area contributed by atoms with Gasteiger partial charge in [0.25, 0.3) is 7.82 Å². The molecule has 2 atom stereocenters. The number of allylic oxidation sites excluding steroid dienone is 8. The van der Waals surface area contributed by atoms with Gasteiger partial charge in [-0.25, -0.2) is 0 Å². The minimum absolute atomic E-state index is 0.0392. The van der Waals surface area contributed by atoms with Crippen molar-refractivity contribution in [3.63, 3.8) is 0 Å². The Kier molecular flexibility index (Phi) is 40.8. The van der Waals surface area contributed by atoms with E-state index in [-0.39, 0.29) is 26.1 Å². The lowest BCUT2D eigenvalue weighted by molar-refractivity contribution is -0.870. The van der Waals surface area contributed by atoms with Gasteiger partial charge < -0.3 is 27.9 Å². The molecule has 1 unspecified atom stereocenters. The summed E-state index contributed by atoms with van der Waals surface area (Å²) < 4.78 is 33.9. The number of phosphoric acid groups is 1. The molecule has 0 aliphatic rings. The molecule has 0 aromatic carbocycles. The van der Waals surface area contributed by atoms with Crippen LogP contribution in [0, 0.1) is 0 Å². The molecule has 0 aromatic rings. The number of nitrogens with zero attached hydrogens (tertiary/aromatic N) is 1. The number of hydrogen-bond acceptors (Lipinski definition) is 8. The molecular formula is C50H92NO8P. The molecule has 0 rings (SSSR count). The summed E-state index contributed by atoms with van der Waals surface area (Å²) in [5.41, 5.74) is 0. The van der Waals surface area contributed by atoms with E-state index in [2.05, 4.69) is 62.5 Å². The largest absolute Gasteiger partial charge is 0.756 e. The van der Waals surface area contributed by atoms with E-state index in [1.165, 1.54) is 122 Å². The Balaban J connectivity index is 4.38. The lowest BCUT2D eigenvalue weighted by atomic mass is 10.0. The topological polar surface area (TPSA) is 111 Å². The van der Waals surface area contributed by atoms with Gasteiger partial charge in [-0.05, 0) is 51.4 Å². The summed E-state index contributed by atoms with van der Waals surface area (Å²) in [6.45, 7) is 4.18. The van der Waals surface area contributed by atoms with Gasteiger partial charge in [0.2, 0.25) is 0 Å². The smallest absolute Gasteiger partial charge is 0.306 e. The van der Waals surface area contributed by atoms with Gasteiger partial charge in [-0.15, -0.1) is 0 Å². The van der Waals surface area contributed by atoms with Gasteiger partial charge in [0.15, 0.2) is 6.10 Å². The molecule has 9 nitrogen and oxygen atoms in total. The van der Waals surface area contributed by atoms with Gasteiger partial charge in [0.1, 0.15) is 19.8 Å². The summed E-state index contributed by atoms with van der Waals surface area (Å²) in [6, 6.07) is 0. The molecule has 0 aliphatic carbocycles. The lowest BCUT2D eigenvalue weighted by Gasteiger charge is -2.28. The Hall–Kier alpha value is -2.03. The molecule has 0 bridgehead atoms. The number of quaternary nitrogens is 1. The molecule has 10 heteroatoms. The highest BCUT2D eigenvalue weighted by atomic mass is 31.2. The predicted molar refractivity (Wildman–Crippen MR) is 250 cm³/mol. The van der Waals surface area contributed by atoms with Gasteiger partial charge in [-0.2, -0.15) is 0 Å². The Labute approximate surface area is 369 Å². The van der Waals surface area contributed by atoms with Gasteiger partial charge in [0.05, 0.1) is 27.7 Å². The number of carbonyl (C=O) groups excluding carboxylic acids is 2. The number of likely N-dealkylation sites (N-methyl/N-ethyl adjacent to an activating group) is 1. The molecule has 0 saturated heterocycles. The molecule has 0 radical (unpaired) electrons. The van der Waals surface area contributed by atoms with Gasteiger partial charge >= 0.3 is 11.9 Å². The fraction of sp³-hybridized carbons (Fsp3) is 0.800. The molecule has 0 fully saturated rings. The van der Waals surface area contributed by atoms with Gasteiger partial charge in [-0.1, -0.05) is 191 Å². The Morgan fingerprint density at radius 2 is 0.917 bits per heavy atom. The molecule has 0 aliphatic heterocycles. The maximum atomic E-state index is 12.7. The van der Waals surface area contributed by atoms with Crippen molar-refractivity contribution in [2.45, 2.75) is 213 Å². The molecule has 0 aromatic heterocycles. The minimum atomic E-state index is -4.64. The van der Waals surface area contributed by atoms with Crippen molar-refractivity contribution >= 4 is 19.8 Å². The Bertz CT molecular complexity index is 1160. The fourth-order valence-corrected chi connectivity index (χ4v) is 7.26. The summed E-state index contributed by atoms with van der Waals surface area (Å²) in [6.07, 6.45) is 50.0. The number of rotatable bonds is 44. The molecule has 350 valence electrons. The van der Waals surface area contributed by atoms with Crippen LogP contribution in [0.3, 0.4) is 0 Å². The van der Waals surface area contributed by atoms with E-state index in [9.17, 15) is 19.0 Å². The molecule has 0 amide bonds. The average molecular weight is 866 g/mol. The first-order valence-electron chi connectivity index (χ1n) is 24.3. The number of hydrogen-bond donors (Lipinski definition) is 0. The number of unbranched alkanes of at least 4 members (excludes halogenated alkanes) is 22. The zero-order valence-electron chi connectivity index (χ0n) is 39.4. The van der Waals surface area contributed by atoms with E-state index in [1.807, 2.05) is 21.1 Å². The second-order valence-corrected chi connectivity index (χ2v) is 18.9. The van der Waals surface area contributed by atoms with Crippen molar-refractivity contribution in [3.8, 4) is 0 Å². The Morgan fingerprint density at radius 1 is 0.517 bits per heavy atom. The second kappa shape index (κ2) is 42.3. The van der Waals surface area contributed by atoms with E-state index >= 15 is 0 Å². The van der Waals surface area contributed by atoms with E-state index in [0.29, 0.717) is 23.9 Å². The van der Waals surface area contributed by atoms with Crippen LogP contribution in [0.15, 0.2) is 48.6 Å². The molecule has 0 N–H and O–H groups in total. The number of phosphoric ester groups is 1. The van der Waals surface area contributed by atoms with Crippen molar-refractivity contribution in [2.75, 3.05) is 47.5 Å². The highest BCUT2D eigenvalue weighted by Gasteiger charge is 2.21. The van der Waals surface area contributed by atoms with E-state index < -0.39 is 32.5 Å². The number of esters is 2. The summed E-state index contributed by atoms with van der Waals surface area (Å²) in [4.78, 5) is 37.6. The molecule has 60 heavy (non-hydrogen) atoms. The zero-order valence-corrected chi connectivity index (χ0v) is 40.3. The lowest BCUT2D eigenvalue weighted by Crippen LogP contribution is -2.37. The van der Waals surface area contributed by atoms with Crippen LogP contribution < -0.4 is 4.89 Å².